The third-order valence-electron chi connectivity index (χ3n) is 5.47. The highest BCUT2D eigenvalue weighted by atomic mass is 16.6. The third kappa shape index (κ3) is 4.04. The molecule has 1 saturated heterocycles. The molecule has 2 aromatic rings. The van der Waals surface area contributed by atoms with Gasteiger partial charge < -0.3 is 19.4 Å². The van der Waals surface area contributed by atoms with Gasteiger partial charge in [-0.25, -0.2) is 9.78 Å². The lowest BCUT2D eigenvalue weighted by atomic mass is 10.0. The number of para-hydroxylation sites is 1. The van der Waals surface area contributed by atoms with Crippen LogP contribution in [0.15, 0.2) is 42.6 Å². The number of nitrogens with zero attached hydrogens (tertiary/aromatic N) is 4. The van der Waals surface area contributed by atoms with Crippen molar-refractivity contribution in [3.8, 4) is 0 Å². The maximum atomic E-state index is 12.8. The molecule has 2 amide bonds. The monoisotopic (exact) mass is 394 g/mol. The van der Waals surface area contributed by atoms with Gasteiger partial charge in [-0.15, -0.1) is 0 Å². The second-order valence-electron chi connectivity index (χ2n) is 7.27. The maximum Gasteiger partial charge on any atom is 0.409 e. The lowest BCUT2D eigenvalue weighted by Crippen LogP contribution is -2.50. The predicted molar refractivity (Wildman–Crippen MR) is 111 cm³/mol. The van der Waals surface area contributed by atoms with Crippen molar-refractivity contribution in [1.29, 1.82) is 0 Å². The van der Waals surface area contributed by atoms with E-state index >= 15 is 0 Å². The lowest BCUT2D eigenvalue weighted by molar-refractivity contribution is 0.0570. The summed E-state index contributed by atoms with van der Waals surface area (Å²) in [5, 5.41) is 0. The van der Waals surface area contributed by atoms with Crippen molar-refractivity contribution < 1.29 is 14.3 Å². The standard InChI is InChI=1S/C22H26N4O3/c1-2-29-22(28)25-14-12-24(13-15-25)21(27)18-9-10-20(23-16-18)26-11-5-7-17-6-3-4-8-19(17)26/h3-4,6,8-10,16H,2,5,7,11-15H2,1H3. The average molecular weight is 394 g/mol. The number of amides is 2. The van der Waals surface area contributed by atoms with Gasteiger partial charge in [0.25, 0.3) is 5.91 Å². The van der Waals surface area contributed by atoms with E-state index in [1.165, 1.54) is 11.3 Å². The minimum atomic E-state index is -0.313. The molecule has 0 unspecified atom stereocenters. The van der Waals surface area contributed by atoms with E-state index in [0.717, 1.165) is 25.2 Å². The number of rotatable bonds is 3. The molecule has 7 nitrogen and oxygen atoms in total. The highest BCUT2D eigenvalue weighted by molar-refractivity contribution is 5.94. The van der Waals surface area contributed by atoms with Crippen molar-refractivity contribution in [2.45, 2.75) is 19.8 Å². The number of pyridine rings is 1. The van der Waals surface area contributed by atoms with Crippen LogP contribution in [0, 0.1) is 0 Å². The normalized spacial score (nSPS) is 16.4. The van der Waals surface area contributed by atoms with E-state index in [4.69, 9.17) is 4.74 Å². The molecular formula is C22H26N4O3. The van der Waals surface area contributed by atoms with Gasteiger partial charge in [0.15, 0.2) is 0 Å². The molecule has 2 aliphatic rings. The Hall–Kier alpha value is -3.09. The van der Waals surface area contributed by atoms with Gasteiger partial charge in [-0.3, -0.25) is 4.79 Å². The first kappa shape index (κ1) is 19.2. The number of ether oxygens (including phenoxy) is 1. The van der Waals surface area contributed by atoms with Crippen LogP contribution >= 0.6 is 0 Å². The molecule has 0 saturated carbocycles. The summed E-state index contributed by atoms with van der Waals surface area (Å²) in [6.45, 7) is 5.04. The fourth-order valence-electron chi connectivity index (χ4n) is 3.93. The molecule has 7 heteroatoms. The molecule has 0 spiro atoms. The molecule has 1 aromatic carbocycles. The molecule has 1 fully saturated rings. The first-order valence-electron chi connectivity index (χ1n) is 10.2. The van der Waals surface area contributed by atoms with E-state index in [0.29, 0.717) is 38.3 Å². The number of fused-ring (bicyclic) bond motifs is 1. The van der Waals surface area contributed by atoms with Gasteiger partial charge in [0, 0.05) is 44.6 Å². The van der Waals surface area contributed by atoms with Crippen molar-refractivity contribution in [3.63, 3.8) is 0 Å². The van der Waals surface area contributed by atoms with Gasteiger partial charge in [0.2, 0.25) is 0 Å². The molecule has 1 aromatic heterocycles. The largest absolute Gasteiger partial charge is 0.450 e. The Labute approximate surface area is 170 Å². The number of carbonyl (C=O) groups is 2. The number of aryl methyl sites for hydroxylation is 1. The van der Waals surface area contributed by atoms with E-state index in [1.54, 1.807) is 22.9 Å². The number of carbonyl (C=O) groups excluding carboxylic acids is 2. The molecule has 29 heavy (non-hydrogen) atoms. The zero-order valence-electron chi connectivity index (χ0n) is 16.7. The van der Waals surface area contributed by atoms with E-state index in [2.05, 4.69) is 28.1 Å². The quantitative estimate of drug-likeness (QED) is 0.800. The highest BCUT2D eigenvalue weighted by Crippen LogP contribution is 2.32. The van der Waals surface area contributed by atoms with Crippen LogP contribution in [0.5, 0.6) is 0 Å². The second kappa shape index (κ2) is 8.51. The van der Waals surface area contributed by atoms with Crippen molar-refractivity contribution in [1.82, 2.24) is 14.8 Å². The Morgan fingerprint density at radius 1 is 1.00 bits per heavy atom. The zero-order valence-corrected chi connectivity index (χ0v) is 16.7. The maximum absolute atomic E-state index is 12.8. The van der Waals surface area contributed by atoms with Gasteiger partial charge in [-0.05, 0) is 43.5 Å². The van der Waals surface area contributed by atoms with Gasteiger partial charge in [-0.2, -0.15) is 0 Å². The second-order valence-corrected chi connectivity index (χ2v) is 7.27. The molecule has 2 aliphatic heterocycles. The zero-order chi connectivity index (χ0) is 20.2. The molecule has 152 valence electrons. The van der Waals surface area contributed by atoms with Crippen LogP contribution in [0.4, 0.5) is 16.3 Å². The van der Waals surface area contributed by atoms with Crippen molar-refractivity contribution in [2.75, 3.05) is 44.2 Å². The van der Waals surface area contributed by atoms with E-state index < -0.39 is 0 Å². The van der Waals surface area contributed by atoms with Gasteiger partial charge in [-0.1, -0.05) is 18.2 Å². The number of piperazine rings is 1. The number of aromatic nitrogens is 1. The Morgan fingerprint density at radius 2 is 1.76 bits per heavy atom. The highest BCUT2D eigenvalue weighted by Gasteiger charge is 2.26. The smallest absolute Gasteiger partial charge is 0.409 e. The van der Waals surface area contributed by atoms with E-state index in [1.807, 2.05) is 18.2 Å². The van der Waals surface area contributed by atoms with E-state index in [9.17, 15) is 9.59 Å². The molecule has 0 bridgehead atoms. The Kier molecular flexibility index (Phi) is 5.64. The Balaban J connectivity index is 1.41. The number of hydrogen-bond donors (Lipinski definition) is 0. The van der Waals surface area contributed by atoms with Crippen molar-refractivity contribution >= 4 is 23.5 Å². The van der Waals surface area contributed by atoms with E-state index in [-0.39, 0.29) is 12.0 Å². The summed E-state index contributed by atoms with van der Waals surface area (Å²) in [5.74, 6) is 0.812. The van der Waals surface area contributed by atoms with Crippen molar-refractivity contribution in [3.05, 3.63) is 53.7 Å². The van der Waals surface area contributed by atoms with Gasteiger partial charge in [0.05, 0.1) is 12.2 Å². The molecule has 0 aliphatic carbocycles. The van der Waals surface area contributed by atoms with Gasteiger partial charge in [0.1, 0.15) is 5.82 Å². The number of benzene rings is 1. The molecular weight excluding hydrogens is 368 g/mol. The molecule has 3 heterocycles. The van der Waals surface area contributed by atoms with Crippen LogP contribution in [-0.4, -0.2) is 66.1 Å². The molecule has 4 rings (SSSR count). The SMILES string of the molecule is CCOC(=O)N1CCN(C(=O)c2ccc(N3CCCc4ccccc43)nc2)CC1. The molecule has 0 atom stereocenters. The first-order valence-corrected chi connectivity index (χ1v) is 10.2. The average Bonchev–Trinajstić information content (AvgIpc) is 2.78. The van der Waals surface area contributed by atoms with Crippen LogP contribution in [-0.2, 0) is 11.2 Å². The Morgan fingerprint density at radius 3 is 2.48 bits per heavy atom. The summed E-state index contributed by atoms with van der Waals surface area (Å²) >= 11 is 0. The van der Waals surface area contributed by atoms with Crippen LogP contribution in [0.3, 0.4) is 0 Å². The topological polar surface area (TPSA) is 66.0 Å². The summed E-state index contributed by atoms with van der Waals surface area (Å²) in [4.78, 5) is 34.8. The first-order chi connectivity index (χ1) is 14.2. The van der Waals surface area contributed by atoms with Crippen LogP contribution in [0.2, 0.25) is 0 Å². The summed E-state index contributed by atoms with van der Waals surface area (Å²) in [7, 11) is 0. The minimum Gasteiger partial charge on any atom is -0.450 e. The van der Waals surface area contributed by atoms with Crippen molar-refractivity contribution in [2.24, 2.45) is 0 Å². The minimum absolute atomic E-state index is 0.0494. The lowest BCUT2D eigenvalue weighted by Gasteiger charge is -2.34. The fraction of sp³-hybridized carbons (Fsp3) is 0.409. The summed E-state index contributed by atoms with van der Waals surface area (Å²) in [6.07, 6.45) is 3.52. The summed E-state index contributed by atoms with van der Waals surface area (Å²) in [6, 6.07) is 12.2. The number of hydrogen-bond acceptors (Lipinski definition) is 5. The van der Waals surface area contributed by atoms with Gasteiger partial charge >= 0.3 is 6.09 Å². The Bertz CT molecular complexity index is 876. The molecule has 0 radical (unpaired) electrons. The van der Waals surface area contributed by atoms with Crippen LogP contribution < -0.4 is 4.90 Å². The molecule has 0 N–H and O–H groups in total. The number of anilines is 2. The van der Waals surface area contributed by atoms with Crippen LogP contribution in [0.1, 0.15) is 29.3 Å². The summed E-state index contributed by atoms with van der Waals surface area (Å²) in [5.41, 5.74) is 3.10. The third-order valence-corrected chi connectivity index (χ3v) is 5.47. The predicted octanol–water partition coefficient (Wildman–Crippen LogP) is 3.08. The fourth-order valence-corrected chi connectivity index (χ4v) is 3.93. The summed E-state index contributed by atoms with van der Waals surface area (Å²) < 4.78 is 5.03. The van der Waals surface area contributed by atoms with Crippen LogP contribution in [0.25, 0.3) is 0 Å².